The minimum atomic E-state index is -0.312. The van der Waals surface area contributed by atoms with E-state index in [2.05, 4.69) is 9.88 Å². The number of carbonyl (C=O) groups is 1. The number of carbonyl (C=O) groups excluding carboxylic acids is 1. The maximum absolute atomic E-state index is 12.4. The summed E-state index contributed by atoms with van der Waals surface area (Å²) in [6, 6.07) is 11.1. The van der Waals surface area contributed by atoms with E-state index in [9.17, 15) is 4.79 Å². The van der Waals surface area contributed by atoms with Crippen LogP contribution >= 0.6 is 11.8 Å². The highest BCUT2D eigenvalue weighted by Crippen LogP contribution is 2.28. The first kappa shape index (κ1) is 20.6. The Labute approximate surface area is 181 Å². The van der Waals surface area contributed by atoms with Crippen molar-refractivity contribution >= 4 is 34.5 Å². The van der Waals surface area contributed by atoms with Crippen LogP contribution in [0, 0.1) is 0 Å². The van der Waals surface area contributed by atoms with Crippen molar-refractivity contribution < 1.29 is 9.53 Å². The van der Waals surface area contributed by atoms with E-state index in [0.717, 1.165) is 40.7 Å². The molecule has 1 aromatic carbocycles. The first-order chi connectivity index (χ1) is 14.6. The van der Waals surface area contributed by atoms with E-state index in [1.54, 1.807) is 12.1 Å². The van der Waals surface area contributed by atoms with Gasteiger partial charge < -0.3 is 9.64 Å². The lowest BCUT2D eigenvalue weighted by Crippen LogP contribution is -2.31. The topological polar surface area (TPSA) is 68.2 Å². The van der Waals surface area contributed by atoms with Gasteiger partial charge in [-0.25, -0.2) is 19.7 Å². The second kappa shape index (κ2) is 9.43. The average molecular weight is 423 g/mol. The van der Waals surface area contributed by atoms with E-state index in [1.807, 2.05) is 43.6 Å². The van der Waals surface area contributed by atoms with Gasteiger partial charge in [0.15, 0.2) is 11.0 Å². The van der Waals surface area contributed by atoms with Gasteiger partial charge in [-0.3, -0.25) is 0 Å². The fourth-order valence-electron chi connectivity index (χ4n) is 3.75. The summed E-state index contributed by atoms with van der Waals surface area (Å²) >= 11 is 1.53. The van der Waals surface area contributed by atoms with Crippen LogP contribution in [0.2, 0.25) is 0 Å². The summed E-state index contributed by atoms with van der Waals surface area (Å²) in [4.78, 5) is 28.8. The van der Waals surface area contributed by atoms with Crippen molar-refractivity contribution in [2.24, 2.45) is 0 Å². The zero-order chi connectivity index (χ0) is 20.9. The molecule has 1 aliphatic heterocycles. The fraction of sp³-hybridized carbons (Fsp3) is 0.391. The van der Waals surface area contributed by atoms with Crippen molar-refractivity contribution in [3.8, 4) is 0 Å². The third-order valence-electron chi connectivity index (χ3n) is 5.23. The molecule has 0 aliphatic carbocycles. The normalized spacial score (nSPS) is 15.2. The monoisotopic (exact) mass is 422 g/mol. The van der Waals surface area contributed by atoms with Crippen LogP contribution in [0.1, 0.15) is 42.2 Å². The Balaban J connectivity index is 1.59. The predicted octanol–water partition coefficient (Wildman–Crippen LogP) is 4.53. The number of aromatic nitrogens is 3. The molecule has 1 aliphatic rings. The van der Waals surface area contributed by atoms with Crippen LogP contribution in [-0.2, 0) is 11.2 Å². The van der Waals surface area contributed by atoms with Gasteiger partial charge in [0, 0.05) is 36.8 Å². The van der Waals surface area contributed by atoms with E-state index in [-0.39, 0.29) is 12.1 Å². The second-order valence-electron chi connectivity index (χ2n) is 7.57. The zero-order valence-corrected chi connectivity index (χ0v) is 18.2. The number of pyridine rings is 1. The summed E-state index contributed by atoms with van der Waals surface area (Å²) in [5.41, 5.74) is 2.34. The van der Waals surface area contributed by atoms with Crippen molar-refractivity contribution in [1.82, 2.24) is 15.0 Å². The van der Waals surface area contributed by atoms with E-state index in [1.165, 1.54) is 31.0 Å². The Bertz CT molecular complexity index is 1020. The lowest BCUT2D eigenvalue weighted by Gasteiger charge is -2.29. The number of nitrogens with zero attached hydrogens (tertiary/aromatic N) is 4. The van der Waals surface area contributed by atoms with E-state index in [0.29, 0.717) is 12.0 Å². The molecular formula is C23H26N4O2S. The standard InChI is InChI=1S/C23H26N4O2S/c1-16(29-22(28)17-9-5-3-6-10-17)13-19-14-18-15-24-23(30-2)26-20(18)21(25-19)27-11-7-4-8-12-27/h3,5-6,9-10,14-16H,4,7-8,11-13H2,1-2H3/t16-/m1/s1. The molecule has 156 valence electrons. The Morgan fingerprint density at radius 2 is 1.93 bits per heavy atom. The molecule has 1 fully saturated rings. The largest absolute Gasteiger partial charge is 0.459 e. The lowest BCUT2D eigenvalue weighted by molar-refractivity contribution is 0.0341. The third kappa shape index (κ3) is 4.73. The molecular weight excluding hydrogens is 396 g/mol. The van der Waals surface area contributed by atoms with Crippen molar-refractivity contribution in [3.63, 3.8) is 0 Å². The molecule has 3 aromatic rings. The summed E-state index contributed by atoms with van der Waals surface area (Å²) in [6.07, 6.45) is 7.69. The molecule has 30 heavy (non-hydrogen) atoms. The molecule has 0 N–H and O–H groups in total. The molecule has 0 unspecified atom stereocenters. The van der Waals surface area contributed by atoms with Crippen LogP contribution in [0.5, 0.6) is 0 Å². The summed E-state index contributed by atoms with van der Waals surface area (Å²) in [5, 5.41) is 1.72. The Hall–Kier alpha value is -2.67. The van der Waals surface area contributed by atoms with Crippen LogP contribution in [0.4, 0.5) is 5.82 Å². The molecule has 0 radical (unpaired) electrons. The molecule has 1 atom stereocenters. The Kier molecular flexibility index (Phi) is 6.47. The number of benzene rings is 1. The Morgan fingerprint density at radius 3 is 2.67 bits per heavy atom. The molecule has 0 spiro atoms. The number of piperidine rings is 1. The van der Waals surface area contributed by atoms with Crippen LogP contribution in [0.15, 0.2) is 47.8 Å². The van der Waals surface area contributed by atoms with Gasteiger partial charge in [-0.1, -0.05) is 30.0 Å². The number of esters is 1. The van der Waals surface area contributed by atoms with Gasteiger partial charge in [0.2, 0.25) is 0 Å². The van der Waals surface area contributed by atoms with Crippen LogP contribution in [-0.4, -0.2) is 46.4 Å². The van der Waals surface area contributed by atoms with Gasteiger partial charge in [-0.2, -0.15) is 0 Å². The fourth-order valence-corrected chi connectivity index (χ4v) is 4.09. The number of ether oxygens (including phenoxy) is 1. The van der Waals surface area contributed by atoms with Gasteiger partial charge in [-0.05, 0) is 50.6 Å². The first-order valence-electron chi connectivity index (χ1n) is 10.4. The second-order valence-corrected chi connectivity index (χ2v) is 8.34. The maximum Gasteiger partial charge on any atom is 0.338 e. The molecule has 0 saturated carbocycles. The van der Waals surface area contributed by atoms with Gasteiger partial charge in [0.25, 0.3) is 0 Å². The molecule has 0 amide bonds. The van der Waals surface area contributed by atoms with Crippen LogP contribution < -0.4 is 4.90 Å². The van der Waals surface area contributed by atoms with Crippen molar-refractivity contribution in [2.75, 3.05) is 24.2 Å². The summed E-state index contributed by atoms with van der Waals surface area (Å²) in [6.45, 7) is 3.88. The van der Waals surface area contributed by atoms with E-state index >= 15 is 0 Å². The SMILES string of the molecule is CSc1ncc2cc(C[C@@H](C)OC(=O)c3ccccc3)nc(N3CCCCC3)c2n1. The molecule has 6 nitrogen and oxygen atoms in total. The third-order valence-corrected chi connectivity index (χ3v) is 5.79. The molecule has 3 heterocycles. The highest BCUT2D eigenvalue weighted by molar-refractivity contribution is 7.98. The highest BCUT2D eigenvalue weighted by atomic mass is 32.2. The predicted molar refractivity (Wildman–Crippen MR) is 120 cm³/mol. The first-order valence-corrected chi connectivity index (χ1v) is 11.6. The number of rotatable bonds is 6. The summed E-state index contributed by atoms with van der Waals surface area (Å²) in [5.74, 6) is 0.606. The highest BCUT2D eigenvalue weighted by Gasteiger charge is 2.20. The zero-order valence-electron chi connectivity index (χ0n) is 17.4. The van der Waals surface area contributed by atoms with Crippen molar-refractivity contribution in [1.29, 1.82) is 0 Å². The summed E-state index contributed by atoms with van der Waals surface area (Å²) < 4.78 is 5.65. The average Bonchev–Trinajstić information content (AvgIpc) is 2.79. The minimum Gasteiger partial charge on any atom is -0.459 e. The number of hydrogen-bond donors (Lipinski definition) is 0. The van der Waals surface area contributed by atoms with Crippen LogP contribution in [0.3, 0.4) is 0 Å². The summed E-state index contributed by atoms with van der Waals surface area (Å²) in [7, 11) is 0. The smallest absolute Gasteiger partial charge is 0.338 e. The van der Waals surface area contributed by atoms with Gasteiger partial charge in [0.1, 0.15) is 11.6 Å². The lowest BCUT2D eigenvalue weighted by atomic mass is 10.1. The van der Waals surface area contributed by atoms with E-state index < -0.39 is 0 Å². The van der Waals surface area contributed by atoms with E-state index in [4.69, 9.17) is 14.7 Å². The quantitative estimate of drug-likeness (QED) is 0.328. The van der Waals surface area contributed by atoms with Crippen molar-refractivity contribution in [3.05, 3.63) is 53.9 Å². The Morgan fingerprint density at radius 1 is 1.17 bits per heavy atom. The molecule has 7 heteroatoms. The maximum atomic E-state index is 12.4. The number of fused-ring (bicyclic) bond motifs is 1. The molecule has 4 rings (SSSR count). The van der Waals surface area contributed by atoms with Gasteiger partial charge in [-0.15, -0.1) is 0 Å². The van der Waals surface area contributed by atoms with Gasteiger partial charge in [0.05, 0.1) is 5.56 Å². The minimum absolute atomic E-state index is 0.289. The number of anilines is 1. The van der Waals surface area contributed by atoms with Gasteiger partial charge >= 0.3 is 5.97 Å². The van der Waals surface area contributed by atoms with Crippen molar-refractivity contribution in [2.45, 2.75) is 43.9 Å². The molecule has 1 saturated heterocycles. The number of hydrogen-bond acceptors (Lipinski definition) is 7. The molecule has 2 aromatic heterocycles. The number of thioether (sulfide) groups is 1. The molecule has 0 bridgehead atoms. The van der Waals surface area contributed by atoms with Crippen LogP contribution in [0.25, 0.3) is 10.9 Å².